The molecule has 0 bridgehead atoms. The summed E-state index contributed by atoms with van der Waals surface area (Å²) in [6.07, 6.45) is 0.664. The first-order valence-electron chi connectivity index (χ1n) is 4.95. The number of hydrogen-bond acceptors (Lipinski definition) is 7. The molecule has 2 aromatic heterocycles. The standard InChI is InChI=1S/C9H10N4O4/c1-2-5(10)8-11-9(17-12-8)6-3-4-7(16-6)13(14)15/h3-5H,2,10H2,1H3. The molecule has 1 unspecified atom stereocenters. The van der Waals surface area contributed by atoms with Crippen LogP contribution in [0.1, 0.15) is 25.2 Å². The van der Waals surface area contributed by atoms with E-state index in [-0.39, 0.29) is 23.6 Å². The van der Waals surface area contributed by atoms with E-state index in [9.17, 15) is 10.1 Å². The van der Waals surface area contributed by atoms with Crippen LogP contribution in [0.15, 0.2) is 21.1 Å². The van der Waals surface area contributed by atoms with Crippen LogP contribution in [0.3, 0.4) is 0 Å². The van der Waals surface area contributed by atoms with Crippen molar-refractivity contribution in [2.75, 3.05) is 0 Å². The summed E-state index contributed by atoms with van der Waals surface area (Å²) >= 11 is 0. The zero-order valence-electron chi connectivity index (χ0n) is 8.99. The van der Waals surface area contributed by atoms with Gasteiger partial charge in [0.25, 0.3) is 5.89 Å². The summed E-state index contributed by atoms with van der Waals surface area (Å²) in [7, 11) is 0. The molecule has 0 aliphatic rings. The zero-order chi connectivity index (χ0) is 12.4. The molecule has 0 fully saturated rings. The van der Waals surface area contributed by atoms with E-state index < -0.39 is 4.92 Å². The first kappa shape index (κ1) is 11.3. The Hall–Kier alpha value is -2.22. The third-order valence-corrected chi connectivity index (χ3v) is 2.20. The minimum absolute atomic E-state index is 0.0806. The molecule has 2 rings (SSSR count). The van der Waals surface area contributed by atoms with Gasteiger partial charge in [-0.1, -0.05) is 12.1 Å². The Balaban J connectivity index is 2.27. The Bertz CT molecular complexity index is 533. The minimum Gasteiger partial charge on any atom is -0.395 e. The summed E-state index contributed by atoms with van der Waals surface area (Å²) < 4.78 is 9.83. The number of furan rings is 1. The topological polar surface area (TPSA) is 121 Å². The Morgan fingerprint density at radius 2 is 2.35 bits per heavy atom. The van der Waals surface area contributed by atoms with Gasteiger partial charge in [-0.05, 0) is 12.5 Å². The van der Waals surface area contributed by atoms with Crippen molar-refractivity contribution in [1.29, 1.82) is 0 Å². The van der Waals surface area contributed by atoms with E-state index in [0.717, 1.165) is 0 Å². The van der Waals surface area contributed by atoms with Gasteiger partial charge >= 0.3 is 5.88 Å². The van der Waals surface area contributed by atoms with Gasteiger partial charge in [0.15, 0.2) is 11.6 Å². The minimum atomic E-state index is -0.640. The van der Waals surface area contributed by atoms with Gasteiger partial charge in [-0.3, -0.25) is 10.1 Å². The highest BCUT2D eigenvalue weighted by Gasteiger charge is 2.19. The van der Waals surface area contributed by atoms with Gasteiger partial charge in [-0.2, -0.15) is 4.98 Å². The first-order valence-corrected chi connectivity index (χ1v) is 4.95. The lowest BCUT2D eigenvalue weighted by atomic mass is 10.2. The Morgan fingerprint density at radius 3 is 2.94 bits per heavy atom. The van der Waals surface area contributed by atoms with Crippen LogP contribution < -0.4 is 5.73 Å². The van der Waals surface area contributed by atoms with Crippen molar-refractivity contribution < 1.29 is 13.9 Å². The molecule has 17 heavy (non-hydrogen) atoms. The third kappa shape index (κ3) is 2.16. The molecule has 0 aliphatic heterocycles. The highest BCUT2D eigenvalue weighted by molar-refractivity contribution is 5.46. The Morgan fingerprint density at radius 1 is 1.59 bits per heavy atom. The van der Waals surface area contributed by atoms with Crippen LogP contribution in [0.5, 0.6) is 0 Å². The Kier molecular flexibility index (Phi) is 2.88. The van der Waals surface area contributed by atoms with Crippen LogP contribution in [0, 0.1) is 10.1 Å². The van der Waals surface area contributed by atoms with Crippen molar-refractivity contribution in [1.82, 2.24) is 10.1 Å². The van der Waals surface area contributed by atoms with Gasteiger partial charge in [0.05, 0.1) is 12.1 Å². The molecule has 0 saturated carbocycles. The average molecular weight is 238 g/mol. The molecular formula is C9H10N4O4. The van der Waals surface area contributed by atoms with Crippen molar-refractivity contribution >= 4 is 5.88 Å². The molecule has 0 aliphatic carbocycles. The number of hydrogen-bond donors (Lipinski definition) is 1. The van der Waals surface area contributed by atoms with Crippen LogP contribution in [-0.4, -0.2) is 15.1 Å². The molecule has 0 amide bonds. The number of nitrogens with zero attached hydrogens (tertiary/aromatic N) is 3. The zero-order valence-corrected chi connectivity index (χ0v) is 8.99. The normalized spacial score (nSPS) is 12.6. The lowest BCUT2D eigenvalue weighted by Gasteiger charge is -1.98. The molecule has 0 radical (unpaired) electrons. The summed E-state index contributed by atoms with van der Waals surface area (Å²) in [6.45, 7) is 1.89. The first-order chi connectivity index (χ1) is 8.11. The average Bonchev–Trinajstić information content (AvgIpc) is 2.95. The van der Waals surface area contributed by atoms with Crippen molar-refractivity contribution in [2.24, 2.45) is 5.73 Å². The van der Waals surface area contributed by atoms with E-state index in [1.807, 2.05) is 6.92 Å². The van der Waals surface area contributed by atoms with Crippen molar-refractivity contribution in [2.45, 2.75) is 19.4 Å². The number of nitro groups is 1. The number of nitrogens with two attached hydrogens (primary N) is 1. The van der Waals surface area contributed by atoms with Gasteiger partial charge in [0, 0.05) is 0 Å². The second kappa shape index (κ2) is 4.34. The van der Waals surface area contributed by atoms with Crippen molar-refractivity contribution in [3.63, 3.8) is 0 Å². The van der Waals surface area contributed by atoms with Crippen LogP contribution >= 0.6 is 0 Å². The number of aromatic nitrogens is 2. The monoisotopic (exact) mass is 238 g/mol. The highest BCUT2D eigenvalue weighted by atomic mass is 16.6. The lowest BCUT2D eigenvalue weighted by Crippen LogP contribution is -2.10. The molecule has 0 spiro atoms. The van der Waals surface area contributed by atoms with E-state index >= 15 is 0 Å². The molecule has 0 saturated heterocycles. The van der Waals surface area contributed by atoms with Crippen LogP contribution in [0.4, 0.5) is 5.88 Å². The molecule has 8 heteroatoms. The smallest absolute Gasteiger partial charge is 0.395 e. The fourth-order valence-corrected chi connectivity index (χ4v) is 1.21. The van der Waals surface area contributed by atoms with E-state index in [0.29, 0.717) is 12.2 Å². The van der Waals surface area contributed by atoms with E-state index in [1.54, 1.807) is 0 Å². The lowest BCUT2D eigenvalue weighted by molar-refractivity contribution is -0.401. The van der Waals surface area contributed by atoms with Gasteiger partial charge in [-0.25, -0.2) is 0 Å². The summed E-state index contributed by atoms with van der Waals surface area (Å²) in [5.74, 6) is 0.205. The predicted octanol–water partition coefficient (Wildman–Crippen LogP) is 1.65. The second-order valence-electron chi connectivity index (χ2n) is 3.37. The van der Waals surface area contributed by atoms with Crippen LogP contribution in [-0.2, 0) is 0 Å². The molecule has 2 heterocycles. The molecule has 2 N–H and O–H groups in total. The summed E-state index contributed by atoms with van der Waals surface area (Å²) in [5, 5.41) is 14.1. The third-order valence-electron chi connectivity index (χ3n) is 2.20. The molecule has 0 aromatic carbocycles. The van der Waals surface area contributed by atoms with Crippen LogP contribution in [0.2, 0.25) is 0 Å². The summed E-state index contributed by atoms with van der Waals surface area (Å²) in [6, 6.07) is 2.30. The van der Waals surface area contributed by atoms with Gasteiger partial charge in [-0.15, -0.1) is 0 Å². The maximum atomic E-state index is 10.4. The second-order valence-corrected chi connectivity index (χ2v) is 3.37. The highest BCUT2D eigenvalue weighted by Crippen LogP contribution is 2.25. The van der Waals surface area contributed by atoms with Gasteiger partial charge in [0.2, 0.25) is 0 Å². The molecular weight excluding hydrogens is 228 g/mol. The fourth-order valence-electron chi connectivity index (χ4n) is 1.21. The predicted molar refractivity (Wildman–Crippen MR) is 55.9 cm³/mol. The fraction of sp³-hybridized carbons (Fsp3) is 0.333. The van der Waals surface area contributed by atoms with Crippen molar-refractivity contribution in [3.05, 3.63) is 28.1 Å². The largest absolute Gasteiger partial charge is 0.433 e. The molecule has 8 nitrogen and oxygen atoms in total. The molecule has 90 valence electrons. The number of rotatable bonds is 4. The van der Waals surface area contributed by atoms with Gasteiger partial charge < -0.3 is 14.7 Å². The quantitative estimate of drug-likeness (QED) is 0.634. The summed E-state index contributed by atoms with van der Waals surface area (Å²) in [5.41, 5.74) is 5.72. The Labute approximate surface area is 95.6 Å². The van der Waals surface area contributed by atoms with E-state index in [2.05, 4.69) is 10.1 Å². The SMILES string of the molecule is CCC(N)c1noc(-c2ccc([N+](=O)[O-])o2)n1. The van der Waals surface area contributed by atoms with E-state index in [4.69, 9.17) is 14.7 Å². The van der Waals surface area contributed by atoms with E-state index in [1.165, 1.54) is 12.1 Å². The molecule has 1 atom stereocenters. The van der Waals surface area contributed by atoms with Crippen molar-refractivity contribution in [3.8, 4) is 11.7 Å². The maximum Gasteiger partial charge on any atom is 0.433 e. The summed E-state index contributed by atoms with van der Waals surface area (Å²) in [4.78, 5) is 13.8. The molecule has 2 aromatic rings. The maximum absolute atomic E-state index is 10.4. The van der Waals surface area contributed by atoms with Crippen LogP contribution in [0.25, 0.3) is 11.7 Å². The van der Waals surface area contributed by atoms with Gasteiger partial charge in [0.1, 0.15) is 4.92 Å².